The molecule has 3 heterocycles. The Morgan fingerprint density at radius 1 is 1.03 bits per heavy atom. The van der Waals surface area contributed by atoms with Crippen molar-refractivity contribution >= 4 is 27.7 Å². The molecule has 0 unspecified atom stereocenters. The van der Waals surface area contributed by atoms with Gasteiger partial charge < -0.3 is 15.5 Å². The standard InChI is InChI=1S/C25H30N4O4S/c26-25(30)22-14-20(18-3-1-17(2-4-18)16-28-9-11-33-12-10-28)13-21-23(15-27-24(21)22)19-5-7-29(8-6-19)34(31)32/h1-4,13-15,19,27,34H,5-12,16H2,(H2,26,30). The minimum atomic E-state index is -2.53. The summed E-state index contributed by atoms with van der Waals surface area (Å²) in [7, 11) is -2.53. The molecule has 9 heteroatoms. The summed E-state index contributed by atoms with van der Waals surface area (Å²) in [5, 5.41) is 0.980. The number of H-pyrrole nitrogens is 1. The Kier molecular flexibility index (Phi) is 6.69. The SMILES string of the molecule is NC(=O)c1cc(-c2ccc(CN3CCOCC3)cc2)cc2c(C3CCN([SH](=O)=O)CC3)c[nH]c12. The molecule has 0 radical (unpaired) electrons. The Hall–Kier alpha value is -2.72. The van der Waals surface area contributed by atoms with Gasteiger partial charge in [-0.15, -0.1) is 0 Å². The maximum absolute atomic E-state index is 12.3. The van der Waals surface area contributed by atoms with Gasteiger partial charge in [-0.2, -0.15) is 0 Å². The number of primary amides is 1. The summed E-state index contributed by atoms with van der Waals surface area (Å²) in [4.78, 5) is 17.9. The van der Waals surface area contributed by atoms with Crippen LogP contribution in [-0.4, -0.2) is 67.9 Å². The molecule has 8 nitrogen and oxygen atoms in total. The van der Waals surface area contributed by atoms with Crippen molar-refractivity contribution in [3.8, 4) is 11.1 Å². The number of carbonyl (C=O) groups excluding carboxylic acids is 1. The summed E-state index contributed by atoms with van der Waals surface area (Å²) in [6, 6.07) is 12.4. The largest absolute Gasteiger partial charge is 0.379 e. The lowest BCUT2D eigenvalue weighted by molar-refractivity contribution is 0.0342. The molecule has 0 bridgehead atoms. The molecule has 2 fully saturated rings. The summed E-state index contributed by atoms with van der Waals surface area (Å²) >= 11 is 0. The predicted octanol–water partition coefficient (Wildman–Crippen LogP) is 2.47. The summed E-state index contributed by atoms with van der Waals surface area (Å²) < 4.78 is 29.6. The highest BCUT2D eigenvalue weighted by atomic mass is 32.2. The number of fused-ring (bicyclic) bond motifs is 1. The number of aromatic nitrogens is 1. The van der Waals surface area contributed by atoms with Crippen LogP contribution >= 0.6 is 0 Å². The second-order valence-corrected chi connectivity index (χ2v) is 10.1. The maximum atomic E-state index is 12.3. The zero-order valence-corrected chi connectivity index (χ0v) is 19.9. The number of morpholine rings is 1. The number of thiol groups is 1. The van der Waals surface area contributed by atoms with E-state index in [0.717, 1.165) is 73.3 Å². The number of hydrogen-bond donors (Lipinski definition) is 3. The van der Waals surface area contributed by atoms with Crippen molar-refractivity contribution < 1.29 is 17.9 Å². The van der Waals surface area contributed by atoms with E-state index in [1.165, 1.54) is 9.87 Å². The molecule has 0 saturated carbocycles. The molecule has 5 rings (SSSR count). The van der Waals surface area contributed by atoms with Crippen LogP contribution in [0.4, 0.5) is 0 Å². The number of rotatable bonds is 6. The number of piperidine rings is 1. The summed E-state index contributed by atoms with van der Waals surface area (Å²) in [6.45, 7) is 5.38. The van der Waals surface area contributed by atoms with Crippen molar-refractivity contribution in [1.29, 1.82) is 0 Å². The van der Waals surface area contributed by atoms with E-state index in [1.807, 2.05) is 12.3 Å². The van der Waals surface area contributed by atoms with E-state index in [9.17, 15) is 13.2 Å². The second kappa shape index (κ2) is 9.87. The number of ether oxygens (including phenoxy) is 1. The average molecular weight is 483 g/mol. The van der Waals surface area contributed by atoms with Gasteiger partial charge in [0.15, 0.2) is 0 Å². The molecule has 0 spiro atoms. The highest BCUT2D eigenvalue weighted by Gasteiger charge is 2.25. The molecule has 2 aliphatic heterocycles. The fourth-order valence-corrected chi connectivity index (χ4v) is 5.67. The molecule has 1 amide bonds. The first-order chi connectivity index (χ1) is 16.5. The van der Waals surface area contributed by atoms with Crippen LogP contribution in [0, 0.1) is 0 Å². The van der Waals surface area contributed by atoms with Crippen LogP contribution in [0.3, 0.4) is 0 Å². The Morgan fingerprint density at radius 2 is 1.74 bits per heavy atom. The first-order valence-electron chi connectivity index (χ1n) is 11.7. The molecule has 3 N–H and O–H groups in total. The third-order valence-corrected chi connectivity index (χ3v) is 7.89. The molecule has 0 aliphatic carbocycles. The summed E-state index contributed by atoms with van der Waals surface area (Å²) in [5.74, 6) is -0.241. The topological polar surface area (TPSA) is 109 Å². The molecule has 2 saturated heterocycles. The normalized spacial score (nSPS) is 18.6. The Balaban J connectivity index is 1.44. The highest BCUT2D eigenvalue weighted by molar-refractivity contribution is 7.69. The van der Waals surface area contributed by atoms with E-state index in [4.69, 9.17) is 10.5 Å². The molecular formula is C25H30N4O4S. The van der Waals surface area contributed by atoms with E-state index < -0.39 is 16.8 Å². The van der Waals surface area contributed by atoms with Crippen molar-refractivity contribution in [2.24, 2.45) is 5.73 Å². The van der Waals surface area contributed by atoms with Crippen molar-refractivity contribution in [3.63, 3.8) is 0 Å². The van der Waals surface area contributed by atoms with Crippen LogP contribution < -0.4 is 5.73 Å². The zero-order chi connectivity index (χ0) is 23.7. The fourth-order valence-electron chi connectivity index (χ4n) is 5.11. The van der Waals surface area contributed by atoms with E-state index in [0.29, 0.717) is 18.7 Å². The minimum Gasteiger partial charge on any atom is -0.379 e. The van der Waals surface area contributed by atoms with Gasteiger partial charge in [0.1, 0.15) is 0 Å². The molecule has 2 aromatic carbocycles. The zero-order valence-electron chi connectivity index (χ0n) is 19.0. The molecule has 3 aromatic rings. The highest BCUT2D eigenvalue weighted by Crippen LogP contribution is 2.36. The third-order valence-electron chi connectivity index (χ3n) is 7.03. The van der Waals surface area contributed by atoms with Crippen LogP contribution in [0.25, 0.3) is 22.0 Å². The van der Waals surface area contributed by atoms with Crippen molar-refractivity contribution in [1.82, 2.24) is 14.2 Å². The van der Waals surface area contributed by atoms with Gasteiger partial charge in [0, 0.05) is 44.3 Å². The molecule has 180 valence electrons. The molecule has 34 heavy (non-hydrogen) atoms. The fraction of sp³-hybridized carbons (Fsp3) is 0.400. The van der Waals surface area contributed by atoms with Crippen LogP contribution in [0.15, 0.2) is 42.6 Å². The Bertz CT molecular complexity index is 1250. The van der Waals surface area contributed by atoms with Crippen LogP contribution in [0.2, 0.25) is 0 Å². The predicted molar refractivity (Wildman–Crippen MR) is 132 cm³/mol. The number of nitrogens with two attached hydrogens (primary N) is 1. The Labute approximate surface area is 200 Å². The summed E-state index contributed by atoms with van der Waals surface area (Å²) in [6.07, 6.45) is 3.45. The van der Waals surface area contributed by atoms with Gasteiger partial charge in [-0.05, 0) is 53.1 Å². The van der Waals surface area contributed by atoms with Crippen LogP contribution in [-0.2, 0) is 22.2 Å². The first-order valence-corrected chi connectivity index (χ1v) is 12.9. The lowest BCUT2D eigenvalue weighted by Gasteiger charge is -2.27. The van der Waals surface area contributed by atoms with Crippen LogP contribution in [0.1, 0.15) is 40.2 Å². The second-order valence-electron chi connectivity index (χ2n) is 9.11. The number of nitrogens with one attached hydrogen (secondary N) is 1. The van der Waals surface area contributed by atoms with Gasteiger partial charge in [-0.3, -0.25) is 9.69 Å². The van der Waals surface area contributed by atoms with Crippen molar-refractivity contribution in [3.05, 3.63) is 59.3 Å². The number of aromatic amines is 1. The number of amides is 1. The smallest absolute Gasteiger partial charge is 0.250 e. The minimum absolute atomic E-state index is 0.229. The third kappa shape index (κ3) is 4.74. The Morgan fingerprint density at radius 3 is 2.38 bits per heavy atom. The quantitative estimate of drug-likeness (QED) is 0.468. The van der Waals surface area contributed by atoms with E-state index in [2.05, 4.69) is 40.2 Å². The first kappa shape index (κ1) is 23.0. The number of benzene rings is 2. The lowest BCUT2D eigenvalue weighted by atomic mass is 9.88. The number of hydrogen-bond acceptors (Lipinski definition) is 5. The van der Waals surface area contributed by atoms with Gasteiger partial charge in [0.05, 0.1) is 24.3 Å². The van der Waals surface area contributed by atoms with Gasteiger partial charge >= 0.3 is 0 Å². The van der Waals surface area contributed by atoms with Gasteiger partial charge in [-0.1, -0.05) is 24.3 Å². The average Bonchev–Trinajstić information content (AvgIpc) is 3.28. The summed E-state index contributed by atoms with van der Waals surface area (Å²) in [5.41, 5.74) is 11.3. The molecule has 1 aromatic heterocycles. The van der Waals surface area contributed by atoms with Crippen molar-refractivity contribution in [2.45, 2.75) is 25.3 Å². The van der Waals surface area contributed by atoms with Crippen molar-refractivity contribution in [2.75, 3.05) is 39.4 Å². The molecule has 2 aliphatic rings. The maximum Gasteiger partial charge on any atom is 0.250 e. The number of carbonyl (C=O) groups is 1. The van der Waals surface area contributed by atoms with Gasteiger partial charge in [0.25, 0.3) is 5.91 Å². The number of nitrogens with zero attached hydrogens (tertiary/aromatic N) is 2. The van der Waals surface area contributed by atoms with Gasteiger partial charge in [0.2, 0.25) is 10.9 Å². The van der Waals surface area contributed by atoms with Gasteiger partial charge in [-0.25, -0.2) is 12.7 Å². The van der Waals surface area contributed by atoms with E-state index in [1.54, 1.807) is 0 Å². The van der Waals surface area contributed by atoms with E-state index >= 15 is 0 Å². The van der Waals surface area contributed by atoms with Crippen LogP contribution in [0.5, 0.6) is 0 Å². The monoisotopic (exact) mass is 482 g/mol. The molecule has 0 atom stereocenters. The van der Waals surface area contributed by atoms with E-state index in [-0.39, 0.29) is 5.92 Å². The lowest BCUT2D eigenvalue weighted by Crippen LogP contribution is -2.35. The molecular weight excluding hydrogens is 452 g/mol.